The maximum absolute atomic E-state index is 11.1. The molecule has 1 N–H and O–H groups in total. The molecule has 0 radical (unpaired) electrons. The van der Waals surface area contributed by atoms with Gasteiger partial charge < -0.3 is 10.0 Å². The fourth-order valence-electron chi connectivity index (χ4n) is 1.89. The molecule has 5 nitrogen and oxygen atoms in total. The second kappa shape index (κ2) is 4.65. The summed E-state index contributed by atoms with van der Waals surface area (Å²) in [6.45, 7) is 0.664. The van der Waals surface area contributed by atoms with Crippen LogP contribution < -0.4 is 4.90 Å². The molecule has 2 heterocycles. The summed E-state index contributed by atoms with van der Waals surface area (Å²) < 4.78 is 0. The van der Waals surface area contributed by atoms with Gasteiger partial charge in [-0.25, -0.2) is 14.8 Å². The molecule has 0 bridgehead atoms. The quantitative estimate of drug-likeness (QED) is 0.797. The summed E-state index contributed by atoms with van der Waals surface area (Å²) in [5, 5.41) is 9.44. The molecular formula is C10H12ClN3O2. The summed E-state index contributed by atoms with van der Waals surface area (Å²) in [6.07, 6.45) is 4.05. The van der Waals surface area contributed by atoms with Crippen LogP contribution in [-0.4, -0.2) is 33.6 Å². The second-order valence-electron chi connectivity index (χ2n) is 3.72. The molecule has 0 aromatic carbocycles. The Morgan fingerprint density at radius 1 is 1.56 bits per heavy atom. The average molecular weight is 242 g/mol. The Bertz CT molecular complexity index is 399. The standard InChI is InChI=1S/C10H12ClN3O2/c11-8-4-5-12-10(13-8)14-6-2-1-3-7(14)9(15)16/h4-5,7H,1-3,6H2,(H,15,16)/t7-/m1/s1. The number of carboxylic acids is 1. The minimum atomic E-state index is -0.830. The molecule has 2 rings (SSSR count). The zero-order chi connectivity index (χ0) is 11.5. The zero-order valence-electron chi connectivity index (χ0n) is 8.64. The van der Waals surface area contributed by atoms with Crippen LogP contribution in [0.2, 0.25) is 5.15 Å². The molecule has 1 aliphatic heterocycles. The van der Waals surface area contributed by atoms with Gasteiger partial charge in [0.1, 0.15) is 11.2 Å². The van der Waals surface area contributed by atoms with Crippen LogP contribution in [0, 0.1) is 0 Å². The van der Waals surface area contributed by atoms with Crippen LogP contribution in [-0.2, 0) is 4.79 Å². The number of halogens is 1. The first kappa shape index (κ1) is 11.1. The molecule has 1 saturated heterocycles. The van der Waals surface area contributed by atoms with Gasteiger partial charge in [-0.05, 0) is 25.3 Å². The summed E-state index contributed by atoms with van der Waals surface area (Å²) >= 11 is 5.77. The van der Waals surface area contributed by atoms with Crippen molar-refractivity contribution in [2.24, 2.45) is 0 Å². The molecule has 6 heteroatoms. The van der Waals surface area contributed by atoms with Gasteiger partial charge in [0, 0.05) is 12.7 Å². The van der Waals surface area contributed by atoms with E-state index in [2.05, 4.69) is 9.97 Å². The lowest BCUT2D eigenvalue weighted by Crippen LogP contribution is -2.45. The number of piperidine rings is 1. The zero-order valence-corrected chi connectivity index (χ0v) is 9.39. The van der Waals surface area contributed by atoms with Crippen molar-refractivity contribution in [1.29, 1.82) is 0 Å². The minimum absolute atomic E-state index is 0.333. The molecule has 1 atom stereocenters. The first-order valence-electron chi connectivity index (χ1n) is 5.16. The smallest absolute Gasteiger partial charge is 0.326 e. The molecule has 16 heavy (non-hydrogen) atoms. The van der Waals surface area contributed by atoms with Crippen LogP contribution in [0.4, 0.5) is 5.95 Å². The van der Waals surface area contributed by atoms with Crippen molar-refractivity contribution < 1.29 is 9.90 Å². The van der Waals surface area contributed by atoms with E-state index in [0.29, 0.717) is 24.1 Å². The molecular weight excluding hydrogens is 230 g/mol. The number of hydrogen-bond acceptors (Lipinski definition) is 4. The van der Waals surface area contributed by atoms with E-state index in [1.54, 1.807) is 11.0 Å². The molecule has 1 fully saturated rings. The minimum Gasteiger partial charge on any atom is -0.480 e. The maximum atomic E-state index is 11.1. The molecule has 0 saturated carbocycles. The Morgan fingerprint density at radius 3 is 3.06 bits per heavy atom. The first-order chi connectivity index (χ1) is 7.68. The Hall–Kier alpha value is -1.36. The monoisotopic (exact) mass is 241 g/mol. The van der Waals surface area contributed by atoms with Gasteiger partial charge in [-0.2, -0.15) is 0 Å². The third-order valence-corrected chi connectivity index (χ3v) is 2.86. The number of hydrogen-bond donors (Lipinski definition) is 1. The van der Waals surface area contributed by atoms with Crippen molar-refractivity contribution in [2.75, 3.05) is 11.4 Å². The largest absolute Gasteiger partial charge is 0.480 e. The number of carbonyl (C=O) groups is 1. The third kappa shape index (κ3) is 2.24. The SMILES string of the molecule is O=C(O)[C@H]1CCCCN1c1nccc(Cl)n1. The number of nitrogens with zero attached hydrogens (tertiary/aromatic N) is 3. The van der Waals surface area contributed by atoms with Crippen molar-refractivity contribution >= 4 is 23.5 Å². The lowest BCUT2D eigenvalue weighted by atomic mass is 10.0. The first-order valence-corrected chi connectivity index (χ1v) is 5.54. The van der Waals surface area contributed by atoms with Crippen LogP contribution >= 0.6 is 11.6 Å². The van der Waals surface area contributed by atoms with Gasteiger partial charge in [0.05, 0.1) is 0 Å². The van der Waals surface area contributed by atoms with E-state index in [4.69, 9.17) is 16.7 Å². The Balaban J connectivity index is 2.26. The van der Waals surface area contributed by atoms with Crippen LogP contribution in [0.1, 0.15) is 19.3 Å². The summed E-state index contributed by atoms with van der Waals surface area (Å²) in [4.78, 5) is 20.9. The van der Waals surface area contributed by atoms with Crippen LogP contribution in [0.3, 0.4) is 0 Å². The fraction of sp³-hybridized carbons (Fsp3) is 0.500. The number of aliphatic carboxylic acids is 1. The average Bonchev–Trinajstić information content (AvgIpc) is 2.29. The van der Waals surface area contributed by atoms with Crippen LogP contribution in [0.25, 0.3) is 0 Å². The predicted molar refractivity (Wildman–Crippen MR) is 59.7 cm³/mol. The topological polar surface area (TPSA) is 66.3 Å². The predicted octanol–water partition coefficient (Wildman–Crippen LogP) is 1.57. The van der Waals surface area contributed by atoms with E-state index in [9.17, 15) is 4.79 Å². The lowest BCUT2D eigenvalue weighted by molar-refractivity contribution is -0.139. The molecule has 0 aliphatic carbocycles. The molecule has 0 spiro atoms. The normalized spacial score (nSPS) is 20.8. The summed E-state index contributed by atoms with van der Waals surface area (Å²) in [5.41, 5.74) is 0. The highest BCUT2D eigenvalue weighted by molar-refractivity contribution is 6.29. The highest BCUT2D eigenvalue weighted by Gasteiger charge is 2.30. The van der Waals surface area contributed by atoms with E-state index in [1.807, 2.05) is 0 Å². The van der Waals surface area contributed by atoms with Gasteiger partial charge in [0.15, 0.2) is 0 Å². The molecule has 1 aliphatic rings. The molecule has 0 amide bonds. The summed E-state index contributed by atoms with van der Waals surface area (Å²) in [7, 11) is 0. The molecule has 0 unspecified atom stereocenters. The maximum Gasteiger partial charge on any atom is 0.326 e. The van der Waals surface area contributed by atoms with Gasteiger partial charge in [-0.15, -0.1) is 0 Å². The fourth-order valence-corrected chi connectivity index (χ4v) is 2.03. The third-order valence-electron chi connectivity index (χ3n) is 2.65. The summed E-state index contributed by atoms with van der Waals surface area (Å²) in [6, 6.07) is 1.04. The highest BCUT2D eigenvalue weighted by atomic mass is 35.5. The molecule has 1 aromatic heterocycles. The number of rotatable bonds is 2. The Kier molecular flexibility index (Phi) is 3.24. The Labute approximate surface area is 98.1 Å². The van der Waals surface area contributed by atoms with Gasteiger partial charge in [0.2, 0.25) is 5.95 Å². The van der Waals surface area contributed by atoms with Gasteiger partial charge in [0.25, 0.3) is 0 Å². The van der Waals surface area contributed by atoms with E-state index >= 15 is 0 Å². The number of anilines is 1. The van der Waals surface area contributed by atoms with E-state index in [0.717, 1.165) is 12.8 Å². The van der Waals surface area contributed by atoms with Gasteiger partial charge in [-0.1, -0.05) is 11.6 Å². The van der Waals surface area contributed by atoms with E-state index in [1.165, 1.54) is 6.20 Å². The van der Waals surface area contributed by atoms with Crippen molar-refractivity contribution in [3.05, 3.63) is 17.4 Å². The van der Waals surface area contributed by atoms with Crippen molar-refractivity contribution in [2.45, 2.75) is 25.3 Å². The van der Waals surface area contributed by atoms with Crippen LogP contribution in [0.15, 0.2) is 12.3 Å². The number of aromatic nitrogens is 2. The van der Waals surface area contributed by atoms with E-state index < -0.39 is 12.0 Å². The van der Waals surface area contributed by atoms with Crippen molar-refractivity contribution in [3.8, 4) is 0 Å². The van der Waals surface area contributed by atoms with Gasteiger partial charge in [-0.3, -0.25) is 0 Å². The molecule has 1 aromatic rings. The highest BCUT2D eigenvalue weighted by Crippen LogP contribution is 2.22. The summed E-state index contributed by atoms with van der Waals surface area (Å²) in [5.74, 6) is -0.428. The van der Waals surface area contributed by atoms with Crippen LogP contribution in [0.5, 0.6) is 0 Å². The molecule has 86 valence electrons. The van der Waals surface area contributed by atoms with Gasteiger partial charge >= 0.3 is 5.97 Å². The number of carboxylic acid groups (broad SMARTS) is 1. The van der Waals surface area contributed by atoms with Crippen molar-refractivity contribution in [3.63, 3.8) is 0 Å². The van der Waals surface area contributed by atoms with E-state index in [-0.39, 0.29) is 0 Å². The lowest BCUT2D eigenvalue weighted by Gasteiger charge is -2.32. The van der Waals surface area contributed by atoms with Crippen molar-refractivity contribution in [1.82, 2.24) is 9.97 Å². The Morgan fingerprint density at radius 2 is 2.38 bits per heavy atom. The second-order valence-corrected chi connectivity index (χ2v) is 4.11.